The molecule has 9 heteroatoms. The summed E-state index contributed by atoms with van der Waals surface area (Å²) in [6, 6.07) is 7.92. The van der Waals surface area contributed by atoms with Gasteiger partial charge in [0.15, 0.2) is 4.90 Å². The van der Waals surface area contributed by atoms with E-state index in [9.17, 15) is 22.5 Å². The lowest BCUT2D eigenvalue weighted by Gasteiger charge is -2.43. The second kappa shape index (κ2) is 8.44. The maximum Gasteiger partial charge on any atom is 0.417 e. The van der Waals surface area contributed by atoms with Crippen LogP contribution in [0.5, 0.6) is 0 Å². The molecule has 0 bridgehead atoms. The zero-order valence-corrected chi connectivity index (χ0v) is 18.1. The fourth-order valence-corrected chi connectivity index (χ4v) is 5.99. The Morgan fingerprint density at radius 2 is 1.87 bits per heavy atom. The highest BCUT2D eigenvalue weighted by Crippen LogP contribution is 2.35. The molecule has 0 spiro atoms. The van der Waals surface area contributed by atoms with E-state index in [-0.39, 0.29) is 18.0 Å². The van der Waals surface area contributed by atoms with Gasteiger partial charge in [-0.25, -0.2) is 4.98 Å². The van der Waals surface area contributed by atoms with Crippen molar-refractivity contribution in [3.05, 3.63) is 53.2 Å². The monoisotopic (exact) mass is 451 g/mol. The number of halogens is 3. The van der Waals surface area contributed by atoms with Crippen LogP contribution in [-0.2, 0) is 28.8 Å². The second-order valence-corrected chi connectivity index (χ2v) is 9.65. The van der Waals surface area contributed by atoms with Crippen LogP contribution in [-0.4, -0.2) is 45.3 Å². The summed E-state index contributed by atoms with van der Waals surface area (Å²) >= 11 is -1.40. The summed E-state index contributed by atoms with van der Waals surface area (Å²) in [5.41, 5.74) is 1.33. The lowest BCUT2D eigenvalue weighted by Crippen LogP contribution is -2.58. The molecule has 2 aliphatic rings. The molecule has 0 amide bonds. The van der Waals surface area contributed by atoms with Gasteiger partial charge in [-0.2, -0.15) is 13.2 Å². The van der Waals surface area contributed by atoms with Crippen LogP contribution in [0.25, 0.3) is 0 Å². The lowest BCUT2D eigenvalue weighted by molar-refractivity contribution is -0.137. The molecule has 0 saturated carbocycles. The molecule has 4 atom stereocenters. The topological polar surface area (TPSA) is 59.5 Å². The number of aldehydes is 1. The zero-order valence-electron chi connectivity index (χ0n) is 17.3. The number of rotatable bonds is 4. The number of hydrogen-bond acceptors (Lipinski definition) is 5. The van der Waals surface area contributed by atoms with E-state index in [1.807, 2.05) is 41.3 Å². The minimum absolute atomic E-state index is 0.108. The van der Waals surface area contributed by atoms with E-state index < -0.39 is 23.1 Å². The van der Waals surface area contributed by atoms with Crippen molar-refractivity contribution in [2.24, 2.45) is 0 Å². The van der Waals surface area contributed by atoms with E-state index in [0.717, 1.165) is 42.5 Å². The van der Waals surface area contributed by atoms with Crippen LogP contribution in [0, 0.1) is 0 Å². The SMILES string of the molecule is CC1CN(c2ccc(C(F)(F)F)cn2)CC(C)N1[S+]([O-])c1ccc2c(c1)C(C=O)CC2. The second-order valence-electron chi connectivity index (χ2n) is 8.26. The van der Waals surface area contributed by atoms with Crippen LogP contribution in [0.4, 0.5) is 19.0 Å². The minimum atomic E-state index is -4.42. The quantitative estimate of drug-likeness (QED) is 0.520. The standard InChI is InChI=1S/C22H24F3N3O2S/c1-14-11-27(21-8-6-18(10-26-21)22(23,24)25)12-15(2)28(14)31(30)19-7-5-16-3-4-17(13-29)20(16)9-19/h5-10,13-15,17H,3-4,11-12H2,1-2H3. The number of pyridine rings is 1. The third kappa shape index (κ3) is 4.31. The number of carbonyl (C=O) groups excluding carboxylic acids is 1. The number of aryl methyl sites for hydroxylation is 1. The van der Waals surface area contributed by atoms with Crippen LogP contribution in [0.1, 0.15) is 42.9 Å². The van der Waals surface area contributed by atoms with Gasteiger partial charge in [0.05, 0.1) is 29.0 Å². The molecule has 0 radical (unpaired) electrons. The first-order chi connectivity index (χ1) is 14.7. The van der Waals surface area contributed by atoms with Crippen LogP contribution < -0.4 is 4.90 Å². The van der Waals surface area contributed by atoms with Crippen LogP contribution in [0.3, 0.4) is 0 Å². The Kier molecular flexibility index (Phi) is 6.02. The van der Waals surface area contributed by atoms with Crippen molar-refractivity contribution in [3.8, 4) is 0 Å². The van der Waals surface area contributed by atoms with Crippen molar-refractivity contribution in [3.63, 3.8) is 0 Å². The van der Waals surface area contributed by atoms with Gasteiger partial charge in [0.2, 0.25) is 0 Å². The zero-order chi connectivity index (χ0) is 22.3. The van der Waals surface area contributed by atoms with Crippen LogP contribution in [0.15, 0.2) is 41.4 Å². The largest absolute Gasteiger partial charge is 0.593 e. The third-order valence-electron chi connectivity index (χ3n) is 6.04. The molecule has 31 heavy (non-hydrogen) atoms. The lowest BCUT2D eigenvalue weighted by atomic mass is 10.0. The van der Waals surface area contributed by atoms with Crippen molar-refractivity contribution in [1.29, 1.82) is 0 Å². The Hall–Kier alpha value is -2.10. The predicted molar refractivity (Wildman–Crippen MR) is 112 cm³/mol. The van der Waals surface area contributed by atoms with Crippen molar-refractivity contribution in [1.82, 2.24) is 9.29 Å². The molecule has 1 fully saturated rings. The molecule has 4 unspecified atom stereocenters. The Morgan fingerprint density at radius 3 is 2.45 bits per heavy atom. The first-order valence-corrected chi connectivity index (χ1v) is 11.4. The molecule has 2 heterocycles. The number of hydrogen-bond donors (Lipinski definition) is 0. The summed E-state index contributed by atoms with van der Waals surface area (Å²) in [5, 5.41) is 0. The molecule has 1 aliphatic heterocycles. The van der Waals surface area contributed by atoms with Crippen molar-refractivity contribution in [2.75, 3.05) is 18.0 Å². The Labute approximate surface area is 182 Å². The maximum absolute atomic E-state index is 13.4. The molecular weight excluding hydrogens is 427 g/mol. The van der Waals surface area contributed by atoms with Gasteiger partial charge in [-0.15, -0.1) is 4.31 Å². The number of alkyl halides is 3. The molecule has 166 valence electrons. The summed E-state index contributed by atoms with van der Waals surface area (Å²) in [6.45, 7) is 4.89. The number of fused-ring (bicyclic) bond motifs is 1. The molecule has 0 N–H and O–H groups in total. The van der Waals surface area contributed by atoms with E-state index >= 15 is 0 Å². The van der Waals surface area contributed by atoms with E-state index in [0.29, 0.717) is 23.8 Å². The number of nitrogens with zero attached hydrogens (tertiary/aromatic N) is 3. The molecular formula is C22H24F3N3O2S. The molecule has 4 rings (SSSR count). The van der Waals surface area contributed by atoms with Gasteiger partial charge in [-0.3, -0.25) is 0 Å². The van der Waals surface area contributed by atoms with Gasteiger partial charge < -0.3 is 14.2 Å². The molecule has 5 nitrogen and oxygen atoms in total. The molecule has 1 saturated heterocycles. The first kappa shape index (κ1) is 22.1. The Balaban J connectivity index is 1.50. The van der Waals surface area contributed by atoms with Gasteiger partial charge in [0.1, 0.15) is 12.1 Å². The number of carbonyl (C=O) groups is 1. The first-order valence-electron chi connectivity index (χ1n) is 10.3. The molecule has 1 aliphatic carbocycles. The summed E-state index contributed by atoms with van der Waals surface area (Å²) in [5.74, 6) is 0.341. The summed E-state index contributed by atoms with van der Waals surface area (Å²) < 4.78 is 53.7. The molecule has 2 aromatic rings. The highest BCUT2D eigenvalue weighted by atomic mass is 32.2. The summed E-state index contributed by atoms with van der Waals surface area (Å²) in [7, 11) is 0. The van der Waals surface area contributed by atoms with E-state index in [2.05, 4.69) is 4.98 Å². The average molecular weight is 452 g/mol. The molecule has 1 aromatic heterocycles. The highest BCUT2D eigenvalue weighted by molar-refractivity contribution is 7.89. The summed E-state index contributed by atoms with van der Waals surface area (Å²) in [4.78, 5) is 17.9. The van der Waals surface area contributed by atoms with Gasteiger partial charge in [0.25, 0.3) is 0 Å². The van der Waals surface area contributed by atoms with Gasteiger partial charge in [-0.1, -0.05) is 6.07 Å². The highest BCUT2D eigenvalue weighted by Gasteiger charge is 2.40. The van der Waals surface area contributed by atoms with Gasteiger partial charge in [-0.05, 0) is 62.1 Å². The van der Waals surface area contributed by atoms with E-state index in [1.54, 1.807) is 0 Å². The Morgan fingerprint density at radius 1 is 1.16 bits per heavy atom. The number of aromatic nitrogens is 1. The van der Waals surface area contributed by atoms with Gasteiger partial charge >= 0.3 is 6.18 Å². The number of benzene rings is 1. The molecule has 1 aromatic carbocycles. The normalized spacial score (nSPS) is 25.4. The average Bonchev–Trinajstić information content (AvgIpc) is 3.15. The third-order valence-corrected chi connectivity index (χ3v) is 7.80. The summed E-state index contributed by atoms with van der Waals surface area (Å²) in [6.07, 6.45) is -0.957. The fraction of sp³-hybridized carbons (Fsp3) is 0.455. The maximum atomic E-state index is 13.4. The smallest absolute Gasteiger partial charge is 0.417 e. The predicted octanol–water partition coefficient (Wildman–Crippen LogP) is 3.95. The minimum Gasteiger partial charge on any atom is -0.593 e. The van der Waals surface area contributed by atoms with Crippen LogP contribution >= 0.6 is 0 Å². The van der Waals surface area contributed by atoms with E-state index in [4.69, 9.17) is 0 Å². The van der Waals surface area contributed by atoms with Crippen LogP contribution in [0.2, 0.25) is 0 Å². The number of piperazine rings is 1. The van der Waals surface area contributed by atoms with Crippen molar-refractivity contribution >= 4 is 23.5 Å². The van der Waals surface area contributed by atoms with E-state index in [1.165, 1.54) is 6.07 Å². The van der Waals surface area contributed by atoms with Gasteiger partial charge in [0, 0.05) is 25.2 Å². The van der Waals surface area contributed by atoms with Crippen molar-refractivity contribution in [2.45, 2.75) is 55.8 Å². The fourth-order valence-electron chi connectivity index (χ4n) is 4.55. The van der Waals surface area contributed by atoms with Crippen molar-refractivity contribution < 1.29 is 22.5 Å². The Bertz CT molecular complexity index is 942. The number of anilines is 1.